The predicted molar refractivity (Wildman–Crippen MR) is 89.8 cm³/mol. The van der Waals surface area contributed by atoms with Crippen LogP contribution in [0.5, 0.6) is 0 Å². The fraction of sp³-hybridized carbons (Fsp3) is 0.375. The maximum absolute atomic E-state index is 10.9. The number of nitrogens with two attached hydrogens (primary N) is 1. The molecular formula is C16H20N6O2. The Hall–Kier alpha value is -2.74. The number of hydrogen-bond donors (Lipinski definition) is 4. The van der Waals surface area contributed by atoms with Crippen LogP contribution in [0.2, 0.25) is 0 Å². The topological polar surface area (TPSA) is 126 Å². The quantitative estimate of drug-likeness (QED) is 0.575. The van der Waals surface area contributed by atoms with Crippen molar-refractivity contribution in [2.75, 3.05) is 17.2 Å². The third-order valence-corrected chi connectivity index (χ3v) is 3.74. The number of aliphatic hydroxyl groups is 1. The second-order valence-electron chi connectivity index (χ2n) is 5.74. The minimum absolute atomic E-state index is 0.0964. The highest BCUT2D eigenvalue weighted by atomic mass is 16.3. The van der Waals surface area contributed by atoms with Crippen molar-refractivity contribution in [3.05, 3.63) is 35.8 Å². The van der Waals surface area contributed by atoms with Crippen LogP contribution in [-0.4, -0.2) is 32.5 Å². The minimum Gasteiger partial charge on any atom is -0.390 e. The molecule has 3 rings (SSSR count). The van der Waals surface area contributed by atoms with Gasteiger partial charge in [-0.3, -0.25) is 9.78 Å². The van der Waals surface area contributed by atoms with E-state index in [1.54, 1.807) is 18.3 Å². The third-order valence-electron chi connectivity index (χ3n) is 3.74. The van der Waals surface area contributed by atoms with Crippen LogP contribution in [0.1, 0.15) is 36.4 Å². The lowest BCUT2D eigenvalue weighted by molar-refractivity contribution is -0.117. The number of carbonyl (C=O) groups is 1. The largest absolute Gasteiger partial charge is 0.390 e. The molecule has 1 fully saturated rings. The zero-order chi connectivity index (χ0) is 16.9. The fourth-order valence-electron chi connectivity index (χ4n) is 2.31. The molecule has 0 saturated heterocycles. The van der Waals surface area contributed by atoms with Gasteiger partial charge < -0.3 is 21.5 Å². The molecule has 0 radical (unpaired) electrons. The molecule has 8 heteroatoms. The van der Waals surface area contributed by atoms with Gasteiger partial charge in [0.1, 0.15) is 5.82 Å². The number of hydrogen-bond acceptors (Lipinski definition) is 7. The van der Waals surface area contributed by atoms with E-state index in [4.69, 9.17) is 10.8 Å². The van der Waals surface area contributed by atoms with Gasteiger partial charge in [-0.25, -0.2) is 4.98 Å². The van der Waals surface area contributed by atoms with Gasteiger partial charge >= 0.3 is 0 Å². The molecule has 2 heterocycles. The molecule has 1 aliphatic rings. The summed E-state index contributed by atoms with van der Waals surface area (Å²) in [5, 5.41) is 15.3. The summed E-state index contributed by atoms with van der Waals surface area (Å²) in [5.41, 5.74) is 7.57. The number of rotatable bonds is 8. The molecule has 1 saturated carbocycles. The van der Waals surface area contributed by atoms with E-state index in [1.807, 2.05) is 6.20 Å². The van der Waals surface area contributed by atoms with Crippen LogP contribution in [0.25, 0.3) is 0 Å². The van der Waals surface area contributed by atoms with Crippen molar-refractivity contribution in [1.29, 1.82) is 0 Å². The SMILES string of the molecule is NC(=O)CCNc1nc(Nc2ccc(CO)nc2)ncc1C1CC1. The van der Waals surface area contributed by atoms with E-state index < -0.39 is 0 Å². The Morgan fingerprint density at radius 3 is 2.75 bits per heavy atom. The summed E-state index contributed by atoms with van der Waals surface area (Å²) < 4.78 is 0. The Balaban J connectivity index is 1.73. The van der Waals surface area contributed by atoms with Crippen LogP contribution < -0.4 is 16.4 Å². The van der Waals surface area contributed by atoms with Crippen LogP contribution in [0.15, 0.2) is 24.5 Å². The molecule has 0 unspecified atom stereocenters. The molecule has 0 bridgehead atoms. The standard InChI is InChI=1S/C16H20N6O2/c17-14(24)5-6-18-15-13(10-1-2-10)8-20-16(22-15)21-11-3-4-12(9-23)19-7-11/h3-4,7-8,10,23H,1-2,5-6,9H2,(H2,17,24)(H2,18,20,21,22). The normalized spacial score (nSPS) is 13.5. The molecule has 1 amide bonds. The zero-order valence-electron chi connectivity index (χ0n) is 13.2. The Morgan fingerprint density at radius 1 is 1.29 bits per heavy atom. The van der Waals surface area contributed by atoms with E-state index in [-0.39, 0.29) is 18.9 Å². The van der Waals surface area contributed by atoms with Crippen LogP contribution >= 0.6 is 0 Å². The predicted octanol–water partition coefficient (Wildman–Crippen LogP) is 1.27. The highest BCUT2D eigenvalue weighted by Gasteiger charge is 2.27. The average molecular weight is 328 g/mol. The van der Waals surface area contributed by atoms with Gasteiger partial charge in [-0.1, -0.05) is 0 Å². The van der Waals surface area contributed by atoms with Crippen LogP contribution in [0, 0.1) is 0 Å². The van der Waals surface area contributed by atoms with Gasteiger partial charge in [-0.2, -0.15) is 4.98 Å². The highest BCUT2D eigenvalue weighted by Crippen LogP contribution is 2.42. The Bertz CT molecular complexity index is 715. The van der Waals surface area contributed by atoms with Gasteiger partial charge in [0.2, 0.25) is 11.9 Å². The zero-order valence-corrected chi connectivity index (χ0v) is 13.2. The van der Waals surface area contributed by atoms with E-state index in [9.17, 15) is 4.79 Å². The summed E-state index contributed by atoms with van der Waals surface area (Å²) >= 11 is 0. The van der Waals surface area contributed by atoms with Crippen molar-refractivity contribution in [3.63, 3.8) is 0 Å². The molecule has 0 aliphatic heterocycles. The van der Waals surface area contributed by atoms with E-state index in [1.165, 1.54) is 0 Å². The lowest BCUT2D eigenvalue weighted by Gasteiger charge is -2.12. The van der Waals surface area contributed by atoms with Crippen LogP contribution in [0.3, 0.4) is 0 Å². The number of nitrogens with zero attached hydrogens (tertiary/aromatic N) is 3. The molecule has 2 aromatic heterocycles. The first-order chi connectivity index (χ1) is 11.7. The van der Waals surface area contributed by atoms with Crippen LogP contribution in [0.4, 0.5) is 17.5 Å². The fourth-order valence-corrected chi connectivity index (χ4v) is 2.31. The van der Waals surface area contributed by atoms with Crippen molar-refractivity contribution in [3.8, 4) is 0 Å². The first kappa shape index (κ1) is 16.1. The summed E-state index contributed by atoms with van der Waals surface area (Å²) in [6.45, 7) is 0.346. The number of amides is 1. The molecule has 8 nitrogen and oxygen atoms in total. The van der Waals surface area contributed by atoms with Crippen molar-refractivity contribution < 1.29 is 9.90 Å². The number of anilines is 3. The lowest BCUT2D eigenvalue weighted by atomic mass is 10.2. The van der Waals surface area contributed by atoms with Gasteiger partial charge in [0.15, 0.2) is 0 Å². The second-order valence-corrected chi connectivity index (χ2v) is 5.74. The first-order valence-electron chi connectivity index (χ1n) is 7.87. The number of pyridine rings is 1. The average Bonchev–Trinajstić information content (AvgIpc) is 3.40. The molecule has 24 heavy (non-hydrogen) atoms. The number of carbonyl (C=O) groups excluding carboxylic acids is 1. The summed E-state index contributed by atoms with van der Waals surface area (Å²) in [7, 11) is 0. The van der Waals surface area contributed by atoms with Gasteiger partial charge in [-0.15, -0.1) is 0 Å². The number of aromatic nitrogens is 3. The molecule has 126 valence electrons. The smallest absolute Gasteiger partial charge is 0.229 e. The minimum atomic E-state index is -0.349. The monoisotopic (exact) mass is 328 g/mol. The lowest BCUT2D eigenvalue weighted by Crippen LogP contribution is -2.17. The molecule has 0 atom stereocenters. The summed E-state index contributed by atoms with van der Waals surface area (Å²) in [5.74, 6) is 1.31. The third kappa shape index (κ3) is 4.17. The highest BCUT2D eigenvalue weighted by molar-refractivity contribution is 5.74. The molecule has 5 N–H and O–H groups in total. The summed E-state index contributed by atoms with van der Waals surface area (Å²) in [4.78, 5) is 23.9. The van der Waals surface area contributed by atoms with E-state index in [0.717, 1.165) is 29.9 Å². The number of nitrogens with one attached hydrogen (secondary N) is 2. The van der Waals surface area contributed by atoms with E-state index in [0.29, 0.717) is 24.1 Å². The Kier molecular flexibility index (Phi) is 4.85. The van der Waals surface area contributed by atoms with Gasteiger partial charge in [-0.05, 0) is 30.9 Å². The molecule has 2 aromatic rings. The van der Waals surface area contributed by atoms with Crippen molar-refractivity contribution in [2.45, 2.75) is 31.8 Å². The number of aliphatic hydroxyl groups excluding tert-OH is 1. The van der Waals surface area contributed by atoms with Crippen LogP contribution in [-0.2, 0) is 11.4 Å². The first-order valence-corrected chi connectivity index (χ1v) is 7.87. The number of primary amides is 1. The molecule has 0 aromatic carbocycles. The molecule has 0 spiro atoms. The van der Waals surface area contributed by atoms with Crippen molar-refractivity contribution >= 4 is 23.4 Å². The van der Waals surface area contributed by atoms with E-state index in [2.05, 4.69) is 25.6 Å². The molecular weight excluding hydrogens is 308 g/mol. The maximum atomic E-state index is 10.9. The van der Waals surface area contributed by atoms with Crippen molar-refractivity contribution in [1.82, 2.24) is 15.0 Å². The molecule has 1 aliphatic carbocycles. The van der Waals surface area contributed by atoms with E-state index >= 15 is 0 Å². The summed E-state index contributed by atoms with van der Waals surface area (Å²) in [6, 6.07) is 3.53. The van der Waals surface area contributed by atoms with Gasteiger partial charge in [0.05, 0.1) is 24.2 Å². The van der Waals surface area contributed by atoms with Crippen molar-refractivity contribution in [2.24, 2.45) is 5.73 Å². The summed E-state index contributed by atoms with van der Waals surface area (Å²) in [6.07, 6.45) is 5.95. The van der Waals surface area contributed by atoms with Gasteiger partial charge in [0.25, 0.3) is 0 Å². The Labute approximate surface area is 139 Å². The second kappa shape index (κ2) is 7.22. The Morgan fingerprint density at radius 2 is 2.12 bits per heavy atom. The maximum Gasteiger partial charge on any atom is 0.229 e. The van der Waals surface area contributed by atoms with Gasteiger partial charge in [0, 0.05) is 24.7 Å².